The molecular formula is C64H70F2N2O15. The number of carboxylic acids is 4. The van der Waals surface area contributed by atoms with Crippen molar-refractivity contribution in [3.8, 4) is 23.0 Å². The van der Waals surface area contributed by atoms with Crippen LogP contribution in [0, 0.1) is 11.6 Å². The predicted octanol–water partition coefficient (Wildman–Crippen LogP) is 10.7. The first-order valence-corrected chi connectivity index (χ1v) is 27.0. The van der Waals surface area contributed by atoms with Crippen LogP contribution in [-0.2, 0) is 39.6 Å². The van der Waals surface area contributed by atoms with Crippen LogP contribution in [0.1, 0.15) is 110 Å². The summed E-state index contributed by atoms with van der Waals surface area (Å²) < 4.78 is 38.6. The highest BCUT2D eigenvalue weighted by Crippen LogP contribution is 2.45. The third-order valence-electron chi connectivity index (χ3n) is 14.3. The quantitative estimate of drug-likeness (QED) is 0.0408. The van der Waals surface area contributed by atoms with E-state index in [1.807, 2.05) is 123 Å². The Hall–Kier alpha value is -8.78. The zero-order valence-electron chi connectivity index (χ0n) is 46.3. The molecule has 0 radical (unpaired) electrons. The molecule has 6 N–H and O–H groups in total. The van der Waals surface area contributed by atoms with E-state index >= 15 is 0 Å². The minimum atomic E-state index is -1.82. The van der Waals surface area contributed by atoms with Gasteiger partial charge in [-0.1, -0.05) is 86.6 Å². The van der Waals surface area contributed by atoms with Gasteiger partial charge in [0.15, 0.2) is 11.6 Å². The summed E-state index contributed by atoms with van der Waals surface area (Å²) in [6, 6.07) is 46.5. The second kappa shape index (κ2) is 33.2. The Bertz CT molecular complexity index is 2850. The Labute approximate surface area is 480 Å². The monoisotopic (exact) mass is 1140 g/mol. The highest BCUT2D eigenvalue weighted by molar-refractivity contribution is 6.27. The van der Waals surface area contributed by atoms with Crippen LogP contribution in [0.3, 0.4) is 0 Å². The van der Waals surface area contributed by atoms with Gasteiger partial charge >= 0.3 is 23.9 Å². The average Bonchev–Trinajstić information content (AvgIpc) is 3.40. The summed E-state index contributed by atoms with van der Waals surface area (Å²) in [5, 5.41) is 29.6. The normalized spacial score (nSPS) is 14.1. The summed E-state index contributed by atoms with van der Waals surface area (Å²) in [5.74, 6) is -4.45. The van der Waals surface area contributed by atoms with Gasteiger partial charge in [-0.3, -0.25) is 19.2 Å². The van der Waals surface area contributed by atoms with Gasteiger partial charge in [-0.15, -0.1) is 0 Å². The molecule has 6 aromatic rings. The van der Waals surface area contributed by atoms with Crippen molar-refractivity contribution in [2.24, 2.45) is 0 Å². The first-order valence-electron chi connectivity index (χ1n) is 27.0. The zero-order chi connectivity index (χ0) is 59.7. The SMILES string of the molecule is CCC(=O)C1(c2ccccc2Oc2ccccc2)CCN(CCCC(=O)c2ccc(F)cc2)CC1.CCC(=O)C1(c2ccccc2Oc2ccccc2)CCN(CCCC(=O)c2ccc(F)cc2)CC1.O.O=C(O)C(=O)O.O=C(O)C(=O)O. The van der Waals surface area contributed by atoms with Gasteiger partial charge in [-0.05, 0) is 163 Å². The Balaban J connectivity index is 0.000000295. The number of hydrogen-bond acceptors (Lipinski definition) is 12. The molecular weight excluding hydrogens is 1070 g/mol. The molecule has 17 nitrogen and oxygen atoms in total. The van der Waals surface area contributed by atoms with Crippen molar-refractivity contribution >= 4 is 47.0 Å². The van der Waals surface area contributed by atoms with E-state index in [4.69, 9.17) is 49.1 Å². The lowest BCUT2D eigenvalue weighted by molar-refractivity contribution is -0.159. The Morgan fingerprint density at radius 1 is 0.434 bits per heavy atom. The van der Waals surface area contributed by atoms with Gasteiger partial charge in [0.2, 0.25) is 0 Å². The molecule has 8 rings (SSSR count). The third kappa shape index (κ3) is 19.7. The van der Waals surface area contributed by atoms with Crippen molar-refractivity contribution in [1.82, 2.24) is 9.80 Å². The number of carbonyl (C=O) groups is 8. The van der Waals surface area contributed by atoms with Crippen molar-refractivity contribution in [1.29, 1.82) is 0 Å². The molecule has 2 saturated heterocycles. The second-order valence-electron chi connectivity index (χ2n) is 19.5. The van der Waals surface area contributed by atoms with Crippen LogP contribution >= 0.6 is 0 Å². The lowest BCUT2D eigenvalue weighted by atomic mass is 9.68. The van der Waals surface area contributed by atoms with Crippen LogP contribution in [0.2, 0.25) is 0 Å². The van der Waals surface area contributed by atoms with E-state index in [2.05, 4.69) is 9.80 Å². The average molecular weight is 1150 g/mol. The van der Waals surface area contributed by atoms with Gasteiger partial charge in [0.1, 0.15) is 46.2 Å². The van der Waals surface area contributed by atoms with Gasteiger partial charge in [0.25, 0.3) is 0 Å². The van der Waals surface area contributed by atoms with E-state index in [1.54, 1.807) is 0 Å². The highest BCUT2D eigenvalue weighted by atomic mass is 19.1. The smallest absolute Gasteiger partial charge is 0.414 e. The van der Waals surface area contributed by atoms with Gasteiger partial charge in [0.05, 0.1) is 10.8 Å². The van der Waals surface area contributed by atoms with Gasteiger partial charge in [-0.2, -0.15) is 0 Å². The summed E-state index contributed by atoms with van der Waals surface area (Å²) >= 11 is 0. The maximum atomic E-state index is 13.3. The number of ether oxygens (including phenoxy) is 2. The molecule has 0 atom stereocenters. The van der Waals surface area contributed by atoms with E-state index in [0.29, 0.717) is 36.8 Å². The number of carbonyl (C=O) groups excluding carboxylic acids is 4. The molecule has 0 saturated carbocycles. The molecule has 2 heterocycles. The lowest BCUT2D eigenvalue weighted by Crippen LogP contribution is -2.47. The number of Topliss-reactive ketones (excluding diaryl/α,β-unsaturated/α-hetero) is 4. The van der Waals surface area contributed by atoms with Crippen molar-refractivity contribution < 1.29 is 82.5 Å². The van der Waals surface area contributed by atoms with Crippen LogP contribution in [0.15, 0.2) is 158 Å². The fourth-order valence-corrected chi connectivity index (χ4v) is 10.0. The Kier molecular flexibility index (Phi) is 26.7. The summed E-state index contributed by atoms with van der Waals surface area (Å²) in [5.41, 5.74) is 1.88. The summed E-state index contributed by atoms with van der Waals surface area (Å²) in [6.07, 6.45) is 6.17. The number of para-hydroxylation sites is 4. The van der Waals surface area contributed by atoms with Crippen molar-refractivity contribution in [2.45, 2.75) is 88.9 Å². The number of ketones is 4. The van der Waals surface area contributed by atoms with E-state index in [0.717, 1.165) is 112 Å². The molecule has 0 aliphatic carbocycles. The number of hydrogen-bond donors (Lipinski definition) is 4. The maximum absolute atomic E-state index is 13.3. The van der Waals surface area contributed by atoms with Crippen LogP contribution < -0.4 is 9.47 Å². The molecule has 2 aliphatic heterocycles. The van der Waals surface area contributed by atoms with Gasteiger partial charge in [0, 0.05) is 47.9 Å². The predicted molar refractivity (Wildman–Crippen MR) is 305 cm³/mol. The first kappa shape index (κ1) is 66.7. The molecule has 0 spiro atoms. The molecule has 19 heteroatoms. The molecule has 440 valence electrons. The van der Waals surface area contributed by atoms with Crippen molar-refractivity contribution in [3.05, 3.63) is 192 Å². The maximum Gasteiger partial charge on any atom is 0.414 e. The van der Waals surface area contributed by atoms with E-state index in [1.165, 1.54) is 48.5 Å². The summed E-state index contributed by atoms with van der Waals surface area (Å²) in [4.78, 5) is 92.5. The highest BCUT2D eigenvalue weighted by Gasteiger charge is 2.45. The zero-order valence-corrected chi connectivity index (χ0v) is 46.3. The number of nitrogens with zero attached hydrogens (tertiary/aromatic N) is 2. The van der Waals surface area contributed by atoms with Crippen LogP contribution in [0.25, 0.3) is 0 Å². The number of piperidine rings is 2. The van der Waals surface area contributed by atoms with Gasteiger partial charge < -0.3 is 45.2 Å². The summed E-state index contributed by atoms with van der Waals surface area (Å²) in [7, 11) is 0. The Morgan fingerprint density at radius 2 is 0.723 bits per heavy atom. The van der Waals surface area contributed by atoms with E-state index in [9.17, 15) is 28.0 Å². The number of carboxylic acid groups (broad SMARTS) is 4. The second-order valence-corrected chi connectivity index (χ2v) is 19.5. The minimum absolute atomic E-state index is 0. The number of halogens is 2. The molecule has 6 aromatic carbocycles. The first-order chi connectivity index (χ1) is 39.3. The molecule has 0 unspecified atom stereocenters. The minimum Gasteiger partial charge on any atom is -0.473 e. The Morgan fingerprint density at radius 3 is 1.01 bits per heavy atom. The van der Waals surface area contributed by atoms with Crippen molar-refractivity contribution in [2.75, 3.05) is 39.3 Å². The lowest BCUT2D eigenvalue weighted by Gasteiger charge is -2.41. The number of rotatable bonds is 20. The number of aliphatic carboxylic acids is 4. The number of likely N-dealkylation sites (tertiary alicyclic amines) is 2. The van der Waals surface area contributed by atoms with Crippen LogP contribution in [-0.4, -0.2) is 122 Å². The van der Waals surface area contributed by atoms with Gasteiger partial charge in [-0.25, -0.2) is 28.0 Å². The largest absolute Gasteiger partial charge is 0.473 e. The summed E-state index contributed by atoms with van der Waals surface area (Å²) in [6.45, 7) is 8.60. The molecule has 0 amide bonds. The van der Waals surface area contributed by atoms with E-state index in [-0.39, 0.29) is 40.2 Å². The molecule has 83 heavy (non-hydrogen) atoms. The topological polar surface area (TPSA) is 274 Å². The van der Waals surface area contributed by atoms with E-state index < -0.39 is 34.7 Å². The van der Waals surface area contributed by atoms with Crippen molar-refractivity contribution in [3.63, 3.8) is 0 Å². The molecule has 2 aliphatic rings. The third-order valence-corrected chi connectivity index (χ3v) is 14.3. The van der Waals surface area contributed by atoms with Crippen LogP contribution in [0.5, 0.6) is 23.0 Å². The molecule has 0 aromatic heterocycles. The van der Waals surface area contributed by atoms with Crippen LogP contribution in [0.4, 0.5) is 8.78 Å². The standard InChI is InChI=1S/2C30H32FNO3.2C2H2O4.H2O/c2*1-2-29(34)30(26-11-6-7-13-28(26)35-25-9-4-3-5-10-25)18-21-32(22-19-30)20-8-12-27(33)23-14-16-24(31)17-15-23;2*3-1(4)2(5)6;/h2*3-7,9-11,13-17H,2,8,12,18-22H2,1H3;2*(H,3,4)(H,5,6);1H2. The number of benzene rings is 6. The fourth-order valence-electron chi connectivity index (χ4n) is 10.0. The molecule has 2 fully saturated rings. The fraction of sp³-hybridized carbons (Fsp3) is 0.312. The molecule has 0 bridgehead atoms.